The van der Waals surface area contributed by atoms with Gasteiger partial charge < -0.3 is 10.0 Å². The van der Waals surface area contributed by atoms with Crippen molar-refractivity contribution < 1.29 is 9.90 Å². The summed E-state index contributed by atoms with van der Waals surface area (Å²) >= 11 is 12.2. The van der Waals surface area contributed by atoms with Crippen LogP contribution in [0.1, 0.15) is 18.4 Å². The number of hydrogen-bond acceptors (Lipinski definition) is 2. The van der Waals surface area contributed by atoms with Crippen LogP contribution in [0.3, 0.4) is 0 Å². The number of rotatable bonds is 5. The zero-order valence-electron chi connectivity index (χ0n) is 10.6. The molecule has 0 radical (unpaired) electrons. The molecule has 1 saturated heterocycles. The second-order valence-corrected chi connectivity index (χ2v) is 5.74. The maximum absolute atomic E-state index is 10.9. The van der Waals surface area contributed by atoms with Gasteiger partial charge in [-0.2, -0.15) is 0 Å². The molecule has 1 aromatic rings. The van der Waals surface area contributed by atoms with Crippen LogP contribution in [-0.4, -0.2) is 35.6 Å². The molecule has 1 aliphatic heterocycles. The third-order valence-electron chi connectivity index (χ3n) is 3.58. The summed E-state index contributed by atoms with van der Waals surface area (Å²) < 4.78 is 0. The predicted octanol–water partition coefficient (Wildman–Crippen LogP) is 3.33. The quantitative estimate of drug-likeness (QED) is 0.907. The van der Waals surface area contributed by atoms with E-state index in [0.29, 0.717) is 16.6 Å². The molecule has 19 heavy (non-hydrogen) atoms. The van der Waals surface area contributed by atoms with Crippen molar-refractivity contribution in [1.29, 1.82) is 0 Å². The number of carboxylic acids is 1. The number of hydrogen-bond donors (Lipinski definition) is 1. The molecule has 5 heteroatoms. The van der Waals surface area contributed by atoms with Crippen molar-refractivity contribution >= 4 is 29.2 Å². The van der Waals surface area contributed by atoms with Crippen LogP contribution in [0.15, 0.2) is 18.2 Å². The molecule has 0 amide bonds. The van der Waals surface area contributed by atoms with E-state index < -0.39 is 5.97 Å². The second-order valence-electron chi connectivity index (χ2n) is 4.93. The van der Waals surface area contributed by atoms with Gasteiger partial charge in [0.05, 0.1) is 5.92 Å². The van der Waals surface area contributed by atoms with Gasteiger partial charge in [0.25, 0.3) is 0 Å². The summed E-state index contributed by atoms with van der Waals surface area (Å²) in [5.41, 5.74) is 0.986. The summed E-state index contributed by atoms with van der Waals surface area (Å²) in [5.74, 6) is -0.888. The van der Waals surface area contributed by atoms with Crippen molar-refractivity contribution in [2.24, 2.45) is 5.92 Å². The van der Waals surface area contributed by atoms with Crippen LogP contribution in [0, 0.1) is 5.92 Å². The molecule has 0 spiro atoms. The first-order chi connectivity index (χ1) is 9.08. The van der Waals surface area contributed by atoms with Gasteiger partial charge in [-0.3, -0.25) is 4.79 Å². The summed E-state index contributed by atoms with van der Waals surface area (Å²) in [5, 5.41) is 10.4. The van der Waals surface area contributed by atoms with Crippen molar-refractivity contribution in [3.63, 3.8) is 0 Å². The summed E-state index contributed by atoms with van der Waals surface area (Å²) in [6.07, 6.45) is 2.52. The fraction of sp³-hybridized carbons (Fsp3) is 0.500. The predicted molar refractivity (Wildman–Crippen MR) is 77.0 cm³/mol. The van der Waals surface area contributed by atoms with E-state index >= 15 is 0 Å². The van der Waals surface area contributed by atoms with E-state index in [9.17, 15) is 4.79 Å². The second kappa shape index (κ2) is 6.60. The summed E-state index contributed by atoms with van der Waals surface area (Å²) in [6, 6.07) is 5.53. The largest absolute Gasteiger partial charge is 0.481 e. The highest BCUT2D eigenvalue weighted by molar-refractivity contribution is 6.35. The van der Waals surface area contributed by atoms with Gasteiger partial charge in [-0.15, -0.1) is 0 Å². The van der Waals surface area contributed by atoms with Gasteiger partial charge in [0, 0.05) is 16.6 Å². The normalized spacial score (nSPS) is 19.8. The van der Waals surface area contributed by atoms with E-state index in [1.54, 1.807) is 0 Å². The number of benzene rings is 1. The fourth-order valence-electron chi connectivity index (χ4n) is 2.49. The van der Waals surface area contributed by atoms with Crippen LogP contribution in [-0.2, 0) is 11.2 Å². The SMILES string of the molecule is O=C(O)C1CCN(CCCc2c(Cl)cccc2Cl)C1. The third-order valence-corrected chi connectivity index (χ3v) is 4.29. The molecule has 1 atom stereocenters. The molecule has 1 N–H and O–H groups in total. The standard InChI is InChI=1S/C14H17Cl2NO2/c15-12-4-1-5-13(16)11(12)3-2-7-17-8-6-10(9-17)14(18)19/h1,4-5,10H,2-3,6-9H2,(H,18,19). The Labute approximate surface area is 123 Å². The molecule has 1 aromatic carbocycles. The van der Waals surface area contributed by atoms with Gasteiger partial charge >= 0.3 is 5.97 Å². The van der Waals surface area contributed by atoms with Crippen LogP contribution in [0.2, 0.25) is 10.0 Å². The minimum absolute atomic E-state index is 0.205. The number of carboxylic acid groups (broad SMARTS) is 1. The lowest BCUT2D eigenvalue weighted by Crippen LogP contribution is -2.24. The summed E-state index contributed by atoms with van der Waals surface area (Å²) in [6.45, 7) is 2.42. The third kappa shape index (κ3) is 3.85. The van der Waals surface area contributed by atoms with Gasteiger partial charge in [0.15, 0.2) is 0 Å². The Morgan fingerprint density at radius 3 is 2.63 bits per heavy atom. The minimum atomic E-state index is -0.684. The van der Waals surface area contributed by atoms with Gasteiger partial charge in [-0.25, -0.2) is 0 Å². The van der Waals surface area contributed by atoms with Crippen molar-refractivity contribution in [2.75, 3.05) is 19.6 Å². The number of aliphatic carboxylic acids is 1. The Morgan fingerprint density at radius 2 is 2.05 bits per heavy atom. The van der Waals surface area contributed by atoms with Gasteiger partial charge in [-0.1, -0.05) is 29.3 Å². The van der Waals surface area contributed by atoms with Crippen molar-refractivity contribution in [2.45, 2.75) is 19.3 Å². The molecule has 1 aliphatic rings. The van der Waals surface area contributed by atoms with E-state index in [0.717, 1.165) is 37.9 Å². The Balaban J connectivity index is 1.80. The lowest BCUT2D eigenvalue weighted by Gasteiger charge is -2.15. The zero-order valence-corrected chi connectivity index (χ0v) is 12.1. The maximum Gasteiger partial charge on any atom is 0.307 e. The molecule has 3 nitrogen and oxygen atoms in total. The van der Waals surface area contributed by atoms with Crippen LogP contribution < -0.4 is 0 Å². The maximum atomic E-state index is 10.9. The molecule has 0 bridgehead atoms. The monoisotopic (exact) mass is 301 g/mol. The smallest absolute Gasteiger partial charge is 0.307 e. The first-order valence-corrected chi connectivity index (χ1v) is 7.21. The molecule has 2 rings (SSSR count). The Kier molecular flexibility index (Phi) is 5.08. The molecular weight excluding hydrogens is 285 g/mol. The van der Waals surface area contributed by atoms with E-state index in [1.165, 1.54) is 0 Å². The van der Waals surface area contributed by atoms with Crippen molar-refractivity contribution in [3.05, 3.63) is 33.8 Å². The van der Waals surface area contributed by atoms with Gasteiger partial charge in [-0.05, 0) is 50.0 Å². The highest BCUT2D eigenvalue weighted by Gasteiger charge is 2.27. The van der Waals surface area contributed by atoms with Crippen LogP contribution in [0.25, 0.3) is 0 Å². The molecule has 0 saturated carbocycles. The molecule has 104 valence electrons. The van der Waals surface area contributed by atoms with E-state index in [4.69, 9.17) is 28.3 Å². The zero-order chi connectivity index (χ0) is 13.8. The van der Waals surface area contributed by atoms with Crippen LogP contribution in [0.4, 0.5) is 0 Å². The average Bonchev–Trinajstić information content (AvgIpc) is 2.82. The van der Waals surface area contributed by atoms with E-state index in [-0.39, 0.29) is 5.92 Å². The van der Waals surface area contributed by atoms with Crippen molar-refractivity contribution in [1.82, 2.24) is 4.90 Å². The molecule has 0 aromatic heterocycles. The molecule has 1 heterocycles. The molecular formula is C14H17Cl2NO2. The molecule has 0 aliphatic carbocycles. The molecule has 1 fully saturated rings. The van der Waals surface area contributed by atoms with E-state index in [2.05, 4.69) is 4.90 Å². The number of halogens is 2. The molecule has 1 unspecified atom stereocenters. The number of likely N-dealkylation sites (tertiary alicyclic amines) is 1. The highest BCUT2D eigenvalue weighted by atomic mass is 35.5. The first kappa shape index (κ1) is 14.6. The fourth-order valence-corrected chi connectivity index (χ4v) is 3.07. The first-order valence-electron chi connectivity index (χ1n) is 6.46. The summed E-state index contributed by atoms with van der Waals surface area (Å²) in [7, 11) is 0. The lowest BCUT2D eigenvalue weighted by molar-refractivity contribution is -0.141. The van der Waals surface area contributed by atoms with Gasteiger partial charge in [0.2, 0.25) is 0 Å². The van der Waals surface area contributed by atoms with Crippen LogP contribution >= 0.6 is 23.2 Å². The highest BCUT2D eigenvalue weighted by Crippen LogP contribution is 2.26. The van der Waals surface area contributed by atoms with Gasteiger partial charge in [0.1, 0.15) is 0 Å². The Morgan fingerprint density at radius 1 is 1.37 bits per heavy atom. The lowest BCUT2D eigenvalue weighted by atomic mass is 10.1. The minimum Gasteiger partial charge on any atom is -0.481 e. The summed E-state index contributed by atoms with van der Waals surface area (Å²) in [4.78, 5) is 13.1. The van der Waals surface area contributed by atoms with Crippen LogP contribution in [0.5, 0.6) is 0 Å². The topological polar surface area (TPSA) is 40.5 Å². The Hall–Kier alpha value is -0.770. The van der Waals surface area contributed by atoms with E-state index in [1.807, 2.05) is 18.2 Å². The van der Waals surface area contributed by atoms with Crippen molar-refractivity contribution in [3.8, 4) is 0 Å². The number of carbonyl (C=O) groups is 1. The number of nitrogens with zero attached hydrogens (tertiary/aromatic N) is 1. The Bertz CT molecular complexity index is 445. The average molecular weight is 302 g/mol.